The first kappa shape index (κ1) is 8.19. The molecular formula is C8H4ClFN2O. The van der Waals surface area contributed by atoms with Crippen LogP contribution in [-0.2, 0) is 0 Å². The summed E-state index contributed by atoms with van der Waals surface area (Å²) in [4.78, 5) is 0. The molecule has 13 heavy (non-hydrogen) atoms. The predicted octanol–water partition coefficient (Wildman–Crippen LogP) is 2.53. The van der Waals surface area contributed by atoms with Crippen molar-refractivity contribution in [3.05, 3.63) is 35.4 Å². The summed E-state index contributed by atoms with van der Waals surface area (Å²) < 4.78 is 18.0. The van der Waals surface area contributed by atoms with E-state index in [1.165, 1.54) is 6.07 Å². The van der Waals surface area contributed by atoms with Gasteiger partial charge in [0, 0.05) is 0 Å². The van der Waals surface area contributed by atoms with Gasteiger partial charge in [0.1, 0.15) is 5.82 Å². The normalized spacial score (nSPS) is 10.3. The first-order valence-corrected chi connectivity index (χ1v) is 3.89. The lowest BCUT2D eigenvalue weighted by molar-refractivity contribution is 0.559. The summed E-state index contributed by atoms with van der Waals surface area (Å²) in [5.74, 6) is -0.328. The van der Waals surface area contributed by atoms with Gasteiger partial charge in [-0.3, -0.25) is 0 Å². The lowest BCUT2D eigenvalue weighted by Crippen LogP contribution is -1.82. The molecule has 2 rings (SSSR count). The second-order valence-electron chi connectivity index (χ2n) is 2.34. The zero-order valence-corrected chi connectivity index (χ0v) is 7.12. The van der Waals surface area contributed by atoms with Gasteiger partial charge in [0.25, 0.3) is 5.89 Å². The van der Waals surface area contributed by atoms with Crippen molar-refractivity contribution in [2.45, 2.75) is 0 Å². The summed E-state index contributed by atoms with van der Waals surface area (Å²) in [6.07, 6.45) is 0. The minimum absolute atomic E-state index is 0.0862. The zero-order chi connectivity index (χ0) is 9.26. The highest BCUT2D eigenvalue weighted by molar-refractivity contribution is 6.27. The molecule has 1 aromatic carbocycles. The molecule has 1 aromatic heterocycles. The van der Waals surface area contributed by atoms with Crippen LogP contribution in [0.2, 0.25) is 5.35 Å². The van der Waals surface area contributed by atoms with E-state index in [-0.39, 0.29) is 16.8 Å². The van der Waals surface area contributed by atoms with Crippen molar-refractivity contribution < 1.29 is 8.81 Å². The number of benzene rings is 1. The van der Waals surface area contributed by atoms with Crippen LogP contribution in [0.4, 0.5) is 4.39 Å². The van der Waals surface area contributed by atoms with Crippen molar-refractivity contribution in [1.82, 2.24) is 10.2 Å². The molecule has 1 heterocycles. The second-order valence-corrected chi connectivity index (χ2v) is 2.66. The molecule has 0 aliphatic heterocycles. The van der Waals surface area contributed by atoms with Gasteiger partial charge in [-0.15, -0.1) is 5.10 Å². The highest BCUT2D eigenvalue weighted by Crippen LogP contribution is 2.21. The minimum Gasteiger partial charge on any atom is -0.407 e. The third-order valence-corrected chi connectivity index (χ3v) is 1.66. The Kier molecular flexibility index (Phi) is 1.98. The van der Waals surface area contributed by atoms with E-state index in [4.69, 9.17) is 16.0 Å². The van der Waals surface area contributed by atoms with Gasteiger partial charge >= 0.3 is 5.35 Å². The number of hydrogen-bond donors (Lipinski definition) is 0. The number of halogens is 2. The zero-order valence-electron chi connectivity index (χ0n) is 6.37. The molecule has 0 bridgehead atoms. The van der Waals surface area contributed by atoms with Gasteiger partial charge in [0.2, 0.25) is 0 Å². The van der Waals surface area contributed by atoms with Crippen molar-refractivity contribution in [2.24, 2.45) is 0 Å². The maximum atomic E-state index is 13.1. The van der Waals surface area contributed by atoms with Crippen LogP contribution in [0.3, 0.4) is 0 Å². The summed E-state index contributed by atoms with van der Waals surface area (Å²) in [7, 11) is 0. The van der Waals surface area contributed by atoms with Gasteiger partial charge in [0.05, 0.1) is 5.56 Å². The Balaban J connectivity index is 2.52. The highest BCUT2D eigenvalue weighted by atomic mass is 35.5. The van der Waals surface area contributed by atoms with Crippen molar-refractivity contribution in [3.63, 3.8) is 0 Å². The fourth-order valence-electron chi connectivity index (χ4n) is 0.949. The first-order valence-electron chi connectivity index (χ1n) is 3.51. The lowest BCUT2D eigenvalue weighted by Gasteiger charge is -1.94. The van der Waals surface area contributed by atoms with Crippen LogP contribution in [-0.4, -0.2) is 10.2 Å². The molecule has 0 N–H and O–H groups in total. The number of aromatic nitrogens is 2. The Bertz CT molecular complexity index is 430. The number of rotatable bonds is 1. The SMILES string of the molecule is Fc1ccccc1-c1nnc(Cl)o1. The Morgan fingerprint density at radius 1 is 1.23 bits per heavy atom. The molecular weight excluding hydrogens is 195 g/mol. The minimum atomic E-state index is -0.414. The molecule has 0 unspecified atom stereocenters. The summed E-state index contributed by atoms with van der Waals surface area (Å²) in [5.41, 5.74) is 0.252. The fraction of sp³-hybridized carbons (Fsp3) is 0. The summed E-state index contributed by atoms with van der Waals surface area (Å²) >= 11 is 5.40. The molecule has 0 aliphatic carbocycles. The van der Waals surface area contributed by atoms with Gasteiger partial charge in [-0.25, -0.2) is 4.39 Å². The second kappa shape index (κ2) is 3.14. The molecule has 0 radical (unpaired) electrons. The molecule has 3 nitrogen and oxygen atoms in total. The summed E-state index contributed by atoms with van der Waals surface area (Å²) in [6.45, 7) is 0. The van der Waals surface area contributed by atoms with E-state index in [2.05, 4.69) is 10.2 Å². The Morgan fingerprint density at radius 3 is 2.62 bits per heavy atom. The fourth-order valence-corrected chi connectivity index (χ4v) is 1.06. The maximum Gasteiger partial charge on any atom is 0.313 e. The molecule has 0 aliphatic rings. The van der Waals surface area contributed by atoms with Crippen LogP contribution in [0.5, 0.6) is 0 Å². The Morgan fingerprint density at radius 2 is 2.00 bits per heavy atom. The summed E-state index contributed by atoms with van der Waals surface area (Å²) in [6, 6.07) is 6.11. The van der Waals surface area contributed by atoms with E-state index in [1.54, 1.807) is 18.2 Å². The molecule has 0 fully saturated rings. The largest absolute Gasteiger partial charge is 0.407 e. The van der Waals surface area contributed by atoms with E-state index in [1.807, 2.05) is 0 Å². The van der Waals surface area contributed by atoms with E-state index >= 15 is 0 Å². The standard InChI is InChI=1S/C8H4ClFN2O/c9-8-12-11-7(13-8)5-3-1-2-4-6(5)10/h1-4H. The van der Waals surface area contributed by atoms with E-state index in [0.29, 0.717) is 0 Å². The van der Waals surface area contributed by atoms with Crippen molar-refractivity contribution in [1.29, 1.82) is 0 Å². The molecule has 0 atom stereocenters. The summed E-state index contributed by atoms with van der Waals surface area (Å²) in [5, 5.41) is 6.88. The third kappa shape index (κ3) is 1.53. The van der Waals surface area contributed by atoms with E-state index in [9.17, 15) is 4.39 Å². The monoisotopic (exact) mass is 198 g/mol. The Labute approximate surface area is 78.2 Å². The lowest BCUT2D eigenvalue weighted by atomic mass is 10.2. The predicted molar refractivity (Wildman–Crippen MR) is 44.7 cm³/mol. The molecule has 0 spiro atoms. The third-order valence-electron chi connectivity index (χ3n) is 1.50. The van der Waals surface area contributed by atoms with Crippen LogP contribution < -0.4 is 0 Å². The molecule has 0 saturated heterocycles. The van der Waals surface area contributed by atoms with Gasteiger partial charge in [-0.05, 0) is 23.7 Å². The maximum absolute atomic E-state index is 13.1. The van der Waals surface area contributed by atoms with Crippen LogP contribution in [0.1, 0.15) is 0 Å². The molecule has 5 heteroatoms. The highest BCUT2D eigenvalue weighted by Gasteiger charge is 2.10. The number of hydrogen-bond acceptors (Lipinski definition) is 3. The van der Waals surface area contributed by atoms with Crippen LogP contribution in [0, 0.1) is 5.82 Å². The van der Waals surface area contributed by atoms with Crippen molar-refractivity contribution in [2.75, 3.05) is 0 Å². The van der Waals surface area contributed by atoms with Crippen LogP contribution in [0.25, 0.3) is 11.5 Å². The average molecular weight is 199 g/mol. The molecule has 66 valence electrons. The van der Waals surface area contributed by atoms with Crippen molar-refractivity contribution in [3.8, 4) is 11.5 Å². The smallest absolute Gasteiger partial charge is 0.313 e. The number of nitrogens with zero attached hydrogens (tertiary/aromatic N) is 2. The quantitative estimate of drug-likeness (QED) is 0.707. The topological polar surface area (TPSA) is 38.9 Å². The van der Waals surface area contributed by atoms with Crippen molar-refractivity contribution >= 4 is 11.6 Å². The van der Waals surface area contributed by atoms with Gasteiger partial charge in [0.15, 0.2) is 0 Å². The molecule has 0 amide bonds. The van der Waals surface area contributed by atoms with Gasteiger partial charge in [-0.2, -0.15) is 0 Å². The van der Waals surface area contributed by atoms with Gasteiger partial charge in [-0.1, -0.05) is 17.2 Å². The van der Waals surface area contributed by atoms with E-state index in [0.717, 1.165) is 0 Å². The molecule has 0 saturated carbocycles. The van der Waals surface area contributed by atoms with Crippen LogP contribution in [0.15, 0.2) is 28.7 Å². The van der Waals surface area contributed by atoms with E-state index < -0.39 is 5.82 Å². The molecule has 2 aromatic rings. The van der Waals surface area contributed by atoms with Crippen LogP contribution >= 0.6 is 11.6 Å². The average Bonchev–Trinajstić information content (AvgIpc) is 2.53. The van der Waals surface area contributed by atoms with Gasteiger partial charge < -0.3 is 4.42 Å². The Hall–Kier alpha value is -1.42. The first-order chi connectivity index (χ1) is 6.27.